The molecule has 0 heterocycles. The molecular weight excluding hydrogens is 364 g/mol. The van der Waals surface area contributed by atoms with E-state index in [1.807, 2.05) is 38.1 Å². The number of nitrogens with one attached hydrogen (secondary N) is 2. The minimum absolute atomic E-state index is 0.370. The lowest BCUT2D eigenvalue weighted by Gasteiger charge is -2.10. The second-order valence-corrected chi connectivity index (χ2v) is 6.44. The third-order valence-corrected chi connectivity index (χ3v) is 2.58. The van der Waals surface area contributed by atoms with Gasteiger partial charge in [-0.2, -0.15) is 0 Å². The van der Waals surface area contributed by atoms with Crippen LogP contribution in [0.3, 0.4) is 0 Å². The van der Waals surface area contributed by atoms with Crippen LogP contribution in [0.4, 0.5) is 0 Å². The first-order chi connectivity index (χ1) is 13.2. The molecule has 0 saturated carbocycles. The number of amides is 2. The quantitative estimate of drug-likeness (QED) is 0.118. The Morgan fingerprint density at radius 3 is 2.32 bits per heavy atom. The van der Waals surface area contributed by atoms with E-state index in [2.05, 4.69) is 16.3 Å². The van der Waals surface area contributed by atoms with Gasteiger partial charge in [-0.3, -0.25) is 15.0 Å². The summed E-state index contributed by atoms with van der Waals surface area (Å²) in [6, 6.07) is 7.62. The van der Waals surface area contributed by atoms with E-state index >= 15 is 0 Å². The van der Waals surface area contributed by atoms with Crippen molar-refractivity contribution in [1.82, 2.24) is 10.7 Å². The highest BCUT2D eigenvalue weighted by Gasteiger charge is 2.03. The van der Waals surface area contributed by atoms with E-state index in [1.54, 1.807) is 26.2 Å². The Hall–Kier alpha value is -2.65. The maximum Gasteiger partial charge on any atom is 0.221 e. The Kier molecular flexibility index (Phi) is 17.5. The number of carbonyl (C=O) groups is 2. The number of oxime groups is 1. The van der Waals surface area contributed by atoms with Crippen LogP contribution in [0.25, 0.3) is 0 Å². The molecule has 0 aliphatic heterocycles. The number of hydrogen-bond donors (Lipinski definition) is 4. The number of nitrogens with zero attached hydrogens (tertiary/aromatic N) is 1. The van der Waals surface area contributed by atoms with Crippen LogP contribution in [0.1, 0.15) is 46.6 Å². The van der Waals surface area contributed by atoms with Gasteiger partial charge in [-0.1, -0.05) is 30.3 Å². The molecule has 9 nitrogen and oxygen atoms in total. The van der Waals surface area contributed by atoms with Crippen LogP contribution in [-0.4, -0.2) is 42.4 Å². The fraction of sp³-hybridized carbons (Fsp3) is 0.526. The van der Waals surface area contributed by atoms with Crippen molar-refractivity contribution in [3.8, 4) is 5.75 Å². The van der Waals surface area contributed by atoms with E-state index < -0.39 is 5.60 Å². The largest absolute Gasteiger partial charge is 0.491 e. The number of benzene rings is 1. The Morgan fingerprint density at radius 2 is 1.82 bits per heavy atom. The van der Waals surface area contributed by atoms with Crippen molar-refractivity contribution in [3.63, 3.8) is 0 Å². The topological polar surface area (TPSA) is 135 Å². The summed E-state index contributed by atoms with van der Waals surface area (Å²) in [4.78, 5) is 24.3. The predicted molar refractivity (Wildman–Crippen MR) is 110 cm³/mol. The maximum absolute atomic E-state index is 10.1. The molecule has 1 aromatic rings. The fourth-order valence-electron chi connectivity index (χ4n) is 1.32. The molecule has 5 N–H and O–H groups in total. The van der Waals surface area contributed by atoms with E-state index in [4.69, 9.17) is 19.5 Å². The molecule has 1 aromatic carbocycles. The summed E-state index contributed by atoms with van der Waals surface area (Å²) in [5, 5.41) is 15.1. The Morgan fingerprint density at radius 1 is 1.25 bits per heavy atom. The van der Waals surface area contributed by atoms with E-state index in [0.29, 0.717) is 32.6 Å². The van der Waals surface area contributed by atoms with Crippen LogP contribution in [0.5, 0.6) is 5.75 Å². The Bertz CT molecular complexity index is 554. The van der Waals surface area contributed by atoms with Crippen molar-refractivity contribution in [2.24, 2.45) is 11.0 Å². The molecule has 0 atom stereocenters. The first-order valence-electron chi connectivity index (χ1n) is 8.84. The molecule has 1 rings (SSSR count). The van der Waals surface area contributed by atoms with Crippen LogP contribution in [-0.2, 0) is 21.0 Å². The summed E-state index contributed by atoms with van der Waals surface area (Å²) >= 11 is 0. The molecule has 160 valence electrons. The molecular formula is C19H34N4O5. The minimum atomic E-state index is -0.500. The van der Waals surface area contributed by atoms with Crippen molar-refractivity contribution in [3.05, 3.63) is 29.8 Å². The summed E-state index contributed by atoms with van der Waals surface area (Å²) < 4.78 is 5.57. The number of rotatable bonds is 10. The van der Waals surface area contributed by atoms with E-state index in [-0.39, 0.29) is 0 Å². The first-order valence-corrected chi connectivity index (χ1v) is 8.84. The van der Waals surface area contributed by atoms with Crippen LogP contribution >= 0.6 is 0 Å². The van der Waals surface area contributed by atoms with Gasteiger partial charge in [-0.25, -0.2) is 5.84 Å². The maximum atomic E-state index is 10.1. The molecule has 2 amide bonds. The van der Waals surface area contributed by atoms with Crippen LogP contribution in [0.15, 0.2) is 29.4 Å². The van der Waals surface area contributed by atoms with Gasteiger partial charge in [0.05, 0.1) is 17.9 Å². The van der Waals surface area contributed by atoms with Crippen molar-refractivity contribution < 1.29 is 24.3 Å². The molecule has 0 unspecified atom stereocenters. The van der Waals surface area contributed by atoms with E-state index in [1.165, 1.54) is 0 Å². The van der Waals surface area contributed by atoms with Gasteiger partial charge in [-0.05, 0) is 40.2 Å². The molecule has 0 aliphatic carbocycles. The van der Waals surface area contributed by atoms with Gasteiger partial charge in [0.2, 0.25) is 12.8 Å². The van der Waals surface area contributed by atoms with Crippen molar-refractivity contribution in [1.29, 1.82) is 0 Å². The standard InChI is InChI=1S/C14H20N2O3.C4H10O.CH4N2O/c1-3-12(2)16-19-10-13-6-4-5-7-14(13)18-9-8-15-11-17;1-4(2,3)5;2-3-1-4/h4-7,11H,3,8-10H2,1-2H3,(H,15,17);5H,1-3H3;1H,2H2,(H,3,4)/b16-12+;;. The molecule has 0 spiro atoms. The van der Waals surface area contributed by atoms with Crippen LogP contribution in [0, 0.1) is 0 Å². The number of aliphatic hydroxyl groups is 1. The predicted octanol–water partition coefficient (Wildman–Crippen LogP) is 1.50. The lowest BCUT2D eigenvalue weighted by atomic mass is 10.2. The van der Waals surface area contributed by atoms with Gasteiger partial charge < -0.3 is 20.0 Å². The highest BCUT2D eigenvalue weighted by atomic mass is 16.6. The number of carbonyl (C=O) groups excluding carboxylic acids is 2. The van der Waals surface area contributed by atoms with Gasteiger partial charge in [0, 0.05) is 5.56 Å². The minimum Gasteiger partial charge on any atom is -0.491 e. The highest BCUT2D eigenvalue weighted by Crippen LogP contribution is 2.18. The number of hydrazine groups is 1. The summed E-state index contributed by atoms with van der Waals surface area (Å²) in [7, 11) is 0. The monoisotopic (exact) mass is 398 g/mol. The van der Waals surface area contributed by atoms with Gasteiger partial charge in [-0.15, -0.1) is 0 Å². The van der Waals surface area contributed by atoms with Crippen LogP contribution < -0.4 is 21.3 Å². The van der Waals surface area contributed by atoms with Crippen LogP contribution in [0.2, 0.25) is 0 Å². The van der Waals surface area contributed by atoms with Gasteiger partial charge in [0.1, 0.15) is 19.0 Å². The lowest BCUT2D eigenvalue weighted by Crippen LogP contribution is -2.19. The second kappa shape index (κ2) is 17.7. The summed E-state index contributed by atoms with van der Waals surface area (Å²) in [6.45, 7) is 10.5. The molecule has 28 heavy (non-hydrogen) atoms. The average molecular weight is 399 g/mol. The van der Waals surface area contributed by atoms with Gasteiger partial charge in [0.15, 0.2) is 0 Å². The molecule has 0 aromatic heterocycles. The molecule has 0 fully saturated rings. The molecule has 0 bridgehead atoms. The fourth-order valence-corrected chi connectivity index (χ4v) is 1.32. The second-order valence-electron chi connectivity index (χ2n) is 6.44. The molecule has 9 heteroatoms. The van der Waals surface area contributed by atoms with E-state index in [9.17, 15) is 4.79 Å². The third-order valence-electron chi connectivity index (χ3n) is 2.58. The summed E-state index contributed by atoms with van der Waals surface area (Å²) in [6.07, 6.45) is 1.93. The lowest BCUT2D eigenvalue weighted by molar-refractivity contribution is -0.110. The SMILES string of the molecule is CC(C)(C)O.CC/C(C)=N/OCc1ccccc1OCCNC=O.NNC=O. The van der Waals surface area contributed by atoms with Gasteiger partial charge in [0.25, 0.3) is 0 Å². The summed E-state index contributed by atoms with van der Waals surface area (Å²) in [5.41, 5.74) is 3.13. The van der Waals surface area contributed by atoms with Crippen molar-refractivity contribution >= 4 is 18.5 Å². The number of para-hydroxylation sites is 1. The third kappa shape index (κ3) is 21.4. The molecule has 0 aliphatic rings. The zero-order valence-corrected chi connectivity index (χ0v) is 17.4. The average Bonchev–Trinajstić information content (AvgIpc) is 2.65. The number of nitrogens with two attached hydrogens (primary N) is 1. The number of ether oxygens (including phenoxy) is 1. The Labute approximate surface area is 167 Å². The first kappa shape index (κ1) is 27.6. The normalized spacial score (nSPS) is 10.3. The zero-order valence-electron chi connectivity index (χ0n) is 17.4. The zero-order chi connectivity index (χ0) is 21.8. The van der Waals surface area contributed by atoms with Crippen molar-refractivity contribution in [2.45, 2.75) is 53.2 Å². The number of hydrogen-bond acceptors (Lipinski definition) is 7. The molecule has 0 saturated heterocycles. The Balaban J connectivity index is 0. The van der Waals surface area contributed by atoms with E-state index in [0.717, 1.165) is 23.4 Å². The molecule has 0 radical (unpaired) electrons. The van der Waals surface area contributed by atoms with Gasteiger partial charge >= 0.3 is 0 Å². The summed E-state index contributed by atoms with van der Waals surface area (Å²) in [5.74, 6) is 5.16. The van der Waals surface area contributed by atoms with Crippen molar-refractivity contribution in [2.75, 3.05) is 13.2 Å². The highest BCUT2D eigenvalue weighted by molar-refractivity contribution is 5.80. The smallest absolute Gasteiger partial charge is 0.221 e.